The molecule has 1 saturated carbocycles. The molecule has 1 aromatic carbocycles. The predicted molar refractivity (Wildman–Crippen MR) is 102 cm³/mol. The van der Waals surface area contributed by atoms with E-state index in [9.17, 15) is 14.9 Å². The van der Waals surface area contributed by atoms with Crippen LogP contribution in [0.15, 0.2) is 42.5 Å². The molecule has 0 N–H and O–H groups in total. The fourth-order valence-corrected chi connectivity index (χ4v) is 3.77. The Hall–Kier alpha value is -2.47. The van der Waals surface area contributed by atoms with Gasteiger partial charge in [-0.3, -0.25) is 19.8 Å². The van der Waals surface area contributed by atoms with E-state index in [2.05, 4.69) is 4.90 Å². The second-order valence-electron chi connectivity index (χ2n) is 6.83. The fourth-order valence-electron chi connectivity index (χ4n) is 3.77. The summed E-state index contributed by atoms with van der Waals surface area (Å²) in [4.78, 5) is 27.3. The van der Waals surface area contributed by atoms with Crippen molar-refractivity contribution in [2.75, 3.05) is 26.2 Å². The van der Waals surface area contributed by atoms with Gasteiger partial charge in [-0.05, 0) is 25.0 Å². The molecule has 1 amide bonds. The summed E-state index contributed by atoms with van der Waals surface area (Å²) < 4.78 is 0. The number of nitro benzene ring substituents is 1. The molecule has 26 heavy (non-hydrogen) atoms. The van der Waals surface area contributed by atoms with Crippen LogP contribution in [0, 0.1) is 10.1 Å². The summed E-state index contributed by atoms with van der Waals surface area (Å²) in [6, 6.07) is 7.27. The molecule has 6 heteroatoms. The zero-order valence-corrected chi connectivity index (χ0v) is 14.9. The highest BCUT2D eigenvalue weighted by atomic mass is 16.6. The third-order valence-electron chi connectivity index (χ3n) is 5.23. The normalized spacial score (nSPS) is 19.6. The molecule has 0 unspecified atom stereocenters. The monoisotopic (exact) mass is 355 g/mol. The van der Waals surface area contributed by atoms with Crippen LogP contribution in [0.25, 0.3) is 6.08 Å². The first kappa shape index (κ1) is 18.3. The number of para-hydroxylation sites is 1. The Labute approximate surface area is 153 Å². The third kappa shape index (κ3) is 4.58. The Morgan fingerprint density at radius 1 is 1.08 bits per heavy atom. The number of amides is 1. The number of carbonyl (C=O) groups excluding carboxylic acids is 1. The molecule has 1 aliphatic heterocycles. The van der Waals surface area contributed by atoms with Crippen LogP contribution in [-0.4, -0.2) is 52.9 Å². The molecule has 0 aromatic heterocycles. The van der Waals surface area contributed by atoms with Crippen LogP contribution in [0.3, 0.4) is 0 Å². The molecule has 138 valence electrons. The van der Waals surface area contributed by atoms with Gasteiger partial charge >= 0.3 is 0 Å². The van der Waals surface area contributed by atoms with Gasteiger partial charge in [-0.2, -0.15) is 0 Å². The molecule has 1 aliphatic carbocycles. The van der Waals surface area contributed by atoms with Gasteiger partial charge in [-0.1, -0.05) is 37.1 Å². The van der Waals surface area contributed by atoms with Crippen LogP contribution >= 0.6 is 0 Å². The number of rotatable bonds is 5. The van der Waals surface area contributed by atoms with Gasteiger partial charge in [0.1, 0.15) is 0 Å². The lowest BCUT2D eigenvalue weighted by molar-refractivity contribution is -0.385. The van der Waals surface area contributed by atoms with Crippen LogP contribution in [0.1, 0.15) is 31.2 Å². The fraction of sp³-hybridized carbons (Fsp3) is 0.450. The highest BCUT2D eigenvalue weighted by molar-refractivity contribution is 5.88. The van der Waals surface area contributed by atoms with Gasteiger partial charge in [0.05, 0.1) is 10.5 Å². The van der Waals surface area contributed by atoms with Gasteiger partial charge in [0, 0.05) is 44.4 Å². The van der Waals surface area contributed by atoms with Crippen molar-refractivity contribution in [3.8, 4) is 0 Å². The van der Waals surface area contributed by atoms with Crippen molar-refractivity contribution >= 4 is 17.7 Å². The van der Waals surface area contributed by atoms with Crippen molar-refractivity contribution in [2.24, 2.45) is 0 Å². The summed E-state index contributed by atoms with van der Waals surface area (Å²) >= 11 is 0. The minimum atomic E-state index is -0.404. The summed E-state index contributed by atoms with van der Waals surface area (Å²) in [5, 5.41) is 11.0. The molecule has 1 aromatic rings. The van der Waals surface area contributed by atoms with Gasteiger partial charge in [-0.15, -0.1) is 0 Å². The van der Waals surface area contributed by atoms with Gasteiger partial charge < -0.3 is 4.90 Å². The molecular weight excluding hydrogens is 330 g/mol. The molecule has 2 fully saturated rings. The molecule has 0 bridgehead atoms. The Morgan fingerprint density at radius 2 is 1.77 bits per heavy atom. The van der Waals surface area contributed by atoms with Crippen LogP contribution in [0.4, 0.5) is 5.69 Å². The van der Waals surface area contributed by atoms with E-state index in [0.29, 0.717) is 11.6 Å². The third-order valence-corrected chi connectivity index (χ3v) is 5.23. The van der Waals surface area contributed by atoms with E-state index in [1.54, 1.807) is 36.4 Å². The number of carbonyl (C=O) groups is 1. The summed E-state index contributed by atoms with van der Waals surface area (Å²) in [5.74, 6) is 0.00304. The second-order valence-corrected chi connectivity index (χ2v) is 6.83. The minimum Gasteiger partial charge on any atom is -0.337 e. The number of hydrogen-bond donors (Lipinski definition) is 0. The van der Waals surface area contributed by atoms with E-state index < -0.39 is 4.92 Å². The van der Waals surface area contributed by atoms with Gasteiger partial charge in [0.2, 0.25) is 5.91 Å². The maximum Gasteiger partial charge on any atom is 0.276 e. The average molecular weight is 355 g/mol. The molecule has 2 aliphatic rings. The van der Waals surface area contributed by atoms with Crippen LogP contribution in [0.2, 0.25) is 0 Å². The van der Waals surface area contributed by atoms with Crippen LogP contribution < -0.4 is 0 Å². The zero-order valence-electron chi connectivity index (χ0n) is 14.9. The van der Waals surface area contributed by atoms with Crippen molar-refractivity contribution in [3.63, 3.8) is 0 Å². The number of benzene rings is 1. The largest absolute Gasteiger partial charge is 0.337 e. The zero-order chi connectivity index (χ0) is 18.4. The summed E-state index contributed by atoms with van der Waals surface area (Å²) in [7, 11) is 0. The lowest BCUT2D eigenvalue weighted by Gasteiger charge is -2.37. The highest BCUT2D eigenvalue weighted by Crippen LogP contribution is 2.24. The van der Waals surface area contributed by atoms with Crippen molar-refractivity contribution in [2.45, 2.75) is 31.7 Å². The van der Waals surface area contributed by atoms with E-state index in [1.165, 1.54) is 37.8 Å². The first-order chi connectivity index (χ1) is 12.6. The first-order valence-corrected chi connectivity index (χ1v) is 9.26. The molecule has 0 spiro atoms. The van der Waals surface area contributed by atoms with Crippen molar-refractivity contribution in [1.29, 1.82) is 0 Å². The number of nitrogens with zero attached hydrogens (tertiary/aromatic N) is 3. The predicted octanol–water partition coefficient (Wildman–Crippen LogP) is 3.25. The quantitative estimate of drug-likeness (QED) is 0.352. The standard InChI is InChI=1S/C20H25N3O3/c24-20(22-15-13-21(14-16-22)18-9-3-4-10-18)12-6-2-8-17-7-1-5-11-19(17)23(25)26/h1-2,5-8,11-12,18H,3-4,9-10,13-16H2/b8-2+,12-6+. The van der Waals surface area contributed by atoms with Gasteiger partial charge in [-0.25, -0.2) is 0 Å². The highest BCUT2D eigenvalue weighted by Gasteiger charge is 2.27. The van der Waals surface area contributed by atoms with E-state index in [-0.39, 0.29) is 11.6 Å². The summed E-state index contributed by atoms with van der Waals surface area (Å²) in [6.07, 6.45) is 11.8. The Morgan fingerprint density at radius 3 is 2.46 bits per heavy atom. The lowest BCUT2D eigenvalue weighted by atomic mass is 10.1. The van der Waals surface area contributed by atoms with E-state index in [4.69, 9.17) is 0 Å². The summed E-state index contributed by atoms with van der Waals surface area (Å²) in [6.45, 7) is 3.45. The molecule has 0 radical (unpaired) electrons. The smallest absolute Gasteiger partial charge is 0.276 e. The first-order valence-electron chi connectivity index (χ1n) is 9.26. The van der Waals surface area contributed by atoms with Crippen LogP contribution in [-0.2, 0) is 4.79 Å². The van der Waals surface area contributed by atoms with Crippen molar-refractivity contribution < 1.29 is 9.72 Å². The van der Waals surface area contributed by atoms with E-state index in [1.807, 2.05) is 4.90 Å². The minimum absolute atomic E-state index is 0.00304. The topological polar surface area (TPSA) is 66.7 Å². The second kappa shape index (κ2) is 8.76. The molecule has 3 rings (SSSR count). The number of piperazine rings is 1. The van der Waals surface area contributed by atoms with E-state index >= 15 is 0 Å². The molecular formula is C20H25N3O3. The Bertz CT molecular complexity index is 700. The molecule has 1 saturated heterocycles. The summed E-state index contributed by atoms with van der Waals surface area (Å²) in [5.41, 5.74) is 0.589. The maximum absolute atomic E-state index is 12.3. The van der Waals surface area contributed by atoms with Gasteiger partial charge in [0.15, 0.2) is 0 Å². The van der Waals surface area contributed by atoms with Gasteiger partial charge in [0.25, 0.3) is 5.69 Å². The molecule has 1 heterocycles. The number of hydrogen-bond acceptors (Lipinski definition) is 4. The van der Waals surface area contributed by atoms with E-state index in [0.717, 1.165) is 26.2 Å². The Kier molecular flexibility index (Phi) is 6.17. The lowest BCUT2D eigenvalue weighted by Crippen LogP contribution is -2.51. The number of nitro groups is 1. The SMILES string of the molecule is O=C(/C=C/C=C/c1ccccc1[N+](=O)[O-])N1CCN(C2CCCC2)CC1. The van der Waals surface area contributed by atoms with Crippen LogP contribution in [0.5, 0.6) is 0 Å². The maximum atomic E-state index is 12.3. The molecule has 0 atom stereocenters. The van der Waals surface area contributed by atoms with Crippen molar-refractivity contribution in [3.05, 3.63) is 58.2 Å². The Balaban J connectivity index is 1.50. The van der Waals surface area contributed by atoms with Crippen molar-refractivity contribution in [1.82, 2.24) is 9.80 Å². The molecule has 6 nitrogen and oxygen atoms in total. The number of allylic oxidation sites excluding steroid dienone is 2. The average Bonchev–Trinajstić information content (AvgIpc) is 3.20.